The van der Waals surface area contributed by atoms with Gasteiger partial charge in [0.1, 0.15) is 0 Å². The summed E-state index contributed by atoms with van der Waals surface area (Å²) in [6.07, 6.45) is 4.68. The van der Waals surface area contributed by atoms with Crippen LogP contribution in [0.2, 0.25) is 0 Å². The van der Waals surface area contributed by atoms with E-state index in [1.165, 1.54) is 10.9 Å². The molecule has 1 aromatic heterocycles. The first-order valence-electron chi connectivity index (χ1n) is 9.05. The van der Waals surface area contributed by atoms with Crippen LogP contribution in [-0.4, -0.2) is 37.1 Å². The smallest absolute Gasteiger partial charge is 0.214 e. The summed E-state index contributed by atoms with van der Waals surface area (Å²) in [5.74, 6) is 0.150. The summed E-state index contributed by atoms with van der Waals surface area (Å²) in [7, 11) is -1.56. The fourth-order valence-corrected chi connectivity index (χ4v) is 4.99. The topological polar surface area (TPSA) is 53.2 Å². The van der Waals surface area contributed by atoms with Crippen LogP contribution < -0.4 is 0 Å². The third-order valence-electron chi connectivity index (χ3n) is 5.51. The molecule has 0 spiro atoms. The van der Waals surface area contributed by atoms with Crippen molar-refractivity contribution in [1.82, 2.24) is 9.29 Å². The normalized spacial score (nSPS) is 16.2. The average Bonchev–Trinajstić information content (AvgIpc) is 3.29. The molecule has 1 fully saturated rings. The van der Waals surface area contributed by atoms with Crippen molar-refractivity contribution < 1.29 is 8.42 Å². The third kappa shape index (κ3) is 3.29. The number of hydrogen-bond acceptors (Lipinski definition) is 2. The first-order chi connectivity index (χ1) is 12.5. The number of aryl methyl sites for hydroxylation is 1. The summed E-state index contributed by atoms with van der Waals surface area (Å²) in [5, 5.41) is 1.21. The second kappa shape index (κ2) is 6.56. The number of nitrogens with zero attached hydrogens (tertiary/aromatic N) is 1. The van der Waals surface area contributed by atoms with Gasteiger partial charge in [0.05, 0.1) is 5.75 Å². The summed E-state index contributed by atoms with van der Waals surface area (Å²) >= 11 is 0. The van der Waals surface area contributed by atoms with E-state index in [1.54, 1.807) is 11.4 Å². The van der Waals surface area contributed by atoms with E-state index >= 15 is 0 Å². The molecule has 4 rings (SSSR count). The van der Waals surface area contributed by atoms with Crippen molar-refractivity contribution in [3.05, 3.63) is 71.9 Å². The van der Waals surface area contributed by atoms with Gasteiger partial charge in [-0.05, 0) is 36.5 Å². The molecule has 26 heavy (non-hydrogen) atoms. The molecule has 0 amide bonds. The Hall–Kier alpha value is -2.11. The summed E-state index contributed by atoms with van der Waals surface area (Å²) < 4.78 is 27.1. The average molecular weight is 369 g/mol. The van der Waals surface area contributed by atoms with E-state index in [-0.39, 0.29) is 11.2 Å². The van der Waals surface area contributed by atoms with Gasteiger partial charge in [-0.15, -0.1) is 0 Å². The molecule has 0 saturated heterocycles. The van der Waals surface area contributed by atoms with E-state index in [0.29, 0.717) is 13.0 Å². The van der Waals surface area contributed by atoms with Crippen LogP contribution in [0.3, 0.4) is 0 Å². The molecular formula is C21H24N2O2S. The van der Waals surface area contributed by atoms with Gasteiger partial charge in [-0.25, -0.2) is 12.7 Å². The molecule has 0 aliphatic heterocycles. The van der Waals surface area contributed by atoms with Gasteiger partial charge in [-0.3, -0.25) is 0 Å². The maximum atomic E-state index is 12.8. The van der Waals surface area contributed by atoms with E-state index < -0.39 is 10.0 Å². The Morgan fingerprint density at radius 1 is 1.04 bits per heavy atom. The van der Waals surface area contributed by atoms with Crippen molar-refractivity contribution in [2.45, 2.75) is 24.7 Å². The second-order valence-corrected chi connectivity index (χ2v) is 9.53. The lowest BCUT2D eigenvalue weighted by Crippen LogP contribution is -2.36. The van der Waals surface area contributed by atoms with E-state index in [9.17, 15) is 8.42 Å². The number of rotatable bonds is 7. The minimum absolute atomic E-state index is 0.0475. The molecule has 2 aromatic carbocycles. The molecule has 0 bridgehead atoms. The Labute approximate surface area is 154 Å². The molecule has 0 radical (unpaired) electrons. The summed E-state index contributed by atoms with van der Waals surface area (Å²) in [6.45, 7) is 0.548. The lowest BCUT2D eigenvalue weighted by Gasteiger charge is -2.23. The molecule has 4 nitrogen and oxygen atoms in total. The second-order valence-electron chi connectivity index (χ2n) is 7.34. The number of benzene rings is 2. The molecular weight excluding hydrogens is 344 g/mol. The van der Waals surface area contributed by atoms with Crippen molar-refractivity contribution in [3.8, 4) is 0 Å². The molecule has 3 aromatic rings. The van der Waals surface area contributed by atoms with Crippen LogP contribution in [0.4, 0.5) is 0 Å². The Kier molecular flexibility index (Phi) is 4.37. The molecule has 1 heterocycles. The zero-order valence-electron chi connectivity index (χ0n) is 15.0. The maximum absolute atomic E-state index is 12.8. The van der Waals surface area contributed by atoms with Gasteiger partial charge in [0, 0.05) is 36.1 Å². The van der Waals surface area contributed by atoms with Gasteiger partial charge >= 0.3 is 0 Å². The molecule has 1 aliphatic carbocycles. The maximum Gasteiger partial charge on any atom is 0.214 e. The predicted octanol–water partition coefficient (Wildman–Crippen LogP) is 3.70. The van der Waals surface area contributed by atoms with Gasteiger partial charge in [-0.1, -0.05) is 48.5 Å². The Morgan fingerprint density at radius 2 is 1.73 bits per heavy atom. The van der Waals surface area contributed by atoms with Crippen LogP contribution >= 0.6 is 0 Å². The molecule has 0 atom stereocenters. The number of aromatic nitrogens is 1. The number of fused-ring (bicyclic) bond motifs is 1. The largest absolute Gasteiger partial charge is 0.361 e. The number of aromatic amines is 1. The van der Waals surface area contributed by atoms with Crippen molar-refractivity contribution in [3.63, 3.8) is 0 Å². The highest BCUT2D eigenvalue weighted by Gasteiger charge is 2.47. The van der Waals surface area contributed by atoms with Crippen molar-refractivity contribution in [1.29, 1.82) is 0 Å². The lowest BCUT2D eigenvalue weighted by atomic mass is 9.95. The fraction of sp³-hybridized carbons (Fsp3) is 0.333. The van der Waals surface area contributed by atoms with E-state index in [1.807, 2.05) is 42.5 Å². The highest BCUT2D eigenvalue weighted by Crippen LogP contribution is 2.51. The van der Waals surface area contributed by atoms with Crippen molar-refractivity contribution in [2.24, 2.45) is 0 Å². The summed E-state index contributed by atoms with van der Waals surface area (Å²) in [5.41, 5.74) is 3.37. The van der Waals surface area contributed by atoms with Crippen LogP contribution in [0.25, 0.3) is 10.9 Å². The molecule has 0 unspecified atom stereocenters. The quantitative estimate of drug-likeness (QED) is 0.691. The molecule has 1 N–H and O–H groups in total. The van der Waals surface area contributed by atoms with Crippen LogP contribution in [-0.2, 0) is 21.9 Å². The highest BCUT2D eigenvalue weighted by atomic mass is 32.2. The predicted molar refractivity (Wildman–Crippen MR) is 106 cm³/mol. The number of sulfonamides is 1. The highest BCUT2D eigenvalue weighted by molar-refractivity contribution is 7.89. The van der Waals surface area contributed by atoms with Crippen LogP contribution in [0.15, 0.2) is 60.8 Å². The minimum Gasteiger partial charge on any atom is -0.361 e. The zero-order valence-corrected chi connectivity index (χ0v) is 15.8. The van der Waals surface area contributed by atoms with Gasteiger partial charge in [0.2, 0.25) is 10.0 Å². The van der Waals surface area contributed by atoms with Crippen LogP contribution in [0.5, 0.6) is 0 Å². The van der Waals surface area contributed by atoms with E-state index in [4.69, 9.17) is 0 Å². The number of para-hydroxylation sites is 1. The Morgan fingerprint density at radius 3 is 2.46 bits per heavy atom. The first kappa shape index (κ1) is 17.3. The van der Waals surface area contributed by atoms with Crippen molar-refractivity contribution in [2.75, 3.05) is 19.3 Å². The first-order valence-corrected chi connectivity index (χ1v) is 10.7. The SMILES string of the molecule is CN(CC1(c2c[nH]c3ccccc23)CC1)S(=O)(=O)CCc1ccccc1. The van der Waals surface area contributed by atoms with Crippen molar-refractivity contribution >= 4 is 20.9 Å². The van der Waals surface area contributed by atoms with Gasteiger partial charge in [-0.2, -0.15) is 0 Å². The Bertz CT molecular complexity index is 1000. The summed E-state index contributed by atoms with van der Waals surface area (Å²) in [4.78, 5) is 3.32. The zero-order chi connectivity index (χ0) is 18.2. The Balaban J connectivity index is 1.49. The fourth-order valence-electron chi connectivity index (χ4n) is 3.75. The number of nitrogens with one attached hydrogen (secondary N) is 1. The standard InChI is InChI=1S/C21H24N2O2S/c1-23(26(24,25)14-11-17-7-3-2-4-8-17)16-21(12-13-21)19-15-22-20-10-6-5-9-18(19)20/h2-10,15,22H,11-14,16H2,1H3. The van der Waals surface area contributed by atoms with E-state index in [2.05, 4.69) is 23.3 Å². The van der Waals surface area contributed by atoms with Gasteiger partial charge < -0.3 is 4.98 Å². The molecule has 1 aliphatic rings. The molecule has 136 valence electrons. The number of H-pyrrole nitrogens is 1. The van der Waals surface area contributed by atoms with Gasteiger partial charge in [0.15, 0.2) is 0 Å². The third-order valence-corrected chi connectivity index (χ3v) is 7.30. The van der Waals surface area contributed by atoms with Crippen LogP contribution in [0, 0.1) is 0 Å². The lowest BCUT2D eigenvalue weighted by molar-refractivity contribution is 0.428. The molecule has 5 heteroatoms. The number of likely N-dealkylation sites (N-methyl/N-ethyl adjacent to an activating group) is 1. The summed E-state index contributed by atoms with van der Waals surface area (Å²) in [6, 6.07) is 18.0. The number of hydrogen-bond donors (Lipinski definition) is 1. The minimum atomic E-state index is -3.27. The molecule has 1 saturated carbocycles. The van der Waals surface area contributed by atoms with Gasteiger partial charge in [0.25, 0.3) is 0 Å². The van der Waals surface area contributed by atoms with Crippen LogP contribution in [0.1, 0.15) is 24.0 Å². The van der Waals surface area contributed by atoms with E-state index in [0.717, 1.165) is 23.9 Å². The monoisotopic (exact) mass is 368 g/mol.